The van der Waals surface area contributed by atoms with Crippen molar-refractivity contribution in [2.75, 3.05) is 18.1 Å². The summed E-state index contributed by atoms with van der Waals surface area (Å²) >= 11 is 0. The molecule has 3 aromatic rings. The molecule has 280 valence electrons. The first kappa shape index (κ1) is 39.8. The number of ether oxygens (including phenoxy) is 1. The number of amides is 4. The molecule has 0 saturated heterocycles. The standard InChI is InChI=1S/C40H54N6O6/c1-6-28(4)23-46(37(48)22-33(47)20-19-27(2)3)43-38(49)35(42-40(51)52-25-30-13-8-7-9-14-30)21-32-24-44(39(50)29(5)41)26-45(32)36-18-12-16-31-15-10-11-17-34(31)36/h7-18,24,27-29,33,35,47H,6,19-23,25-26,41H2,1-5H3,(H,42,51)(H,43,49)/t28?,29-,33-,35+/m0/s1. The second-order valence-corrected chi connectivity index (χ2v) is 14.1. The maximum atomic E-state index is 14.2. The summed E-state index contributed by atoms with van der Waals surface area (Å²) in [4.78, 5) is 57.6. The molecule has 0 aromatic heterocycles. The lowest BCUT2D eigenvalue weighted by Gasteiger charge is -2.30. The average molecular weight is 715 g/mol. The third-order valence-corrected chi connectivity index (χ3v) is 9.13. The number of alkyl carbamates (subject to hydrolysis) is 1. The van der Waals surface area contributed by atoms with E-state index in [4.69, 9.17) is 10.5 Å². The maximum Gasteiger partial charge on any atom is 0.408 e. The van der Waals surface area contributed by atoms with E-state index in [1.165, 1.54) is 9.91 Å². The number of hydrogen-bond acceptors (Lipinski definition) is 8. The zero-order chi connectivity index (χ0) is 37.8. The van der Waals surface area contributed by atoms with Crippen molar-refractivity contribution in [3.05, 3.63) is 90.3 Å². The third kappa shape index (κ3) is 11.3. The predicted molar refractivity (Wildman–Crippen MR) is 202 cm³/mol. The Morgan fingerprint density at radius 2 is 1.63 bits per heavy atom. The molecule has 0 saturated carbocycles. The van der Waals surface area contributed by atoms with E-state index in [2.05, 4.69) is 24.6 Å². The predicted octanol–water partition coefficient (Wildman–Crippen LogP) is 5.41. The van der Waals surface area contributed by atoms with E-state index >= 15 is 0 Å². The molecule has 1 aliphatic heterocycles. The molecule has 4 atom stereocenters. The van der Waals surface area contributed by atoms with Gasteiger partial charge in [-0.15, -0.1) is 0 Å². The fourth-order valence-electron chi connectivity index (χ4n) is 5.89. The average Bonchev–Trinajstić information content (AvgIpc) is 3.55. The number of benzene rings is 3. The Morgan fingerprint density at radius 3 is 2.33 bits per heavy atom. The van der Waals surface area contributed by atoms with Crippen LogP contribution in [0.5, 0.6) is 0 Å². The van der Waals surface area contributed by atoms with E-state index in [1.54, 1.807) is 13.1 Å². The van der Waals surface area contributed by atoms with Crippen LogP contribution in [0.4, 0.5) is 10.5 Å². The van der Waals surface area contributed by atoms with Crippen molar-refractivity contribution in [1.29, 1.82) is 0 Å². The molecule has 1 aliphatic rings. The lowest BCUT2D eigenvalue weighted by atomic mass is 10.0. The summed E-state index contributed by atoms with van der Waals surface area (Å²) in [6.07, 6.45) is 1.72. The van der Waals surface area contributed by atoms with Gasteiger partial charge in [0.05, 0.1) is 24.3 Å². The van der Waals surface area contributed by atoms with E-state index in [0.29, 0.717) is 18.0 Å². The molecule has 5 N–H and O–H groups in total. The topological polar surface area (TPSA) is 158 Å². The molecular formula is C40H54N6O6. The van der Waals surface area contributed by atoms with Crippen molar-refractivity contribution in [3.63, 3.8) is 0 Å². The van der Waals surface area contributed by atoms with Crippen molar-refractivity contribution in [2.45, 2.75) is 91.5 Å². The molecule has 4 amide bonds. The van der Waals surface area contributed by atoms with Gasteiger partial charge in [0.15, 0.2) is 0 Å². The third-order valence-electron chi connectivity index (χ3n) is 9.13. The number of nitrogens with zero attached hydrogens (tertiary/aromatic N) is 3. The number of fused-ring (bicyclic) bond motifs is 1. The number of hydrazine groups is 1. The number of nitrogens with one attached hydrogen (secondary N) is 2. The highest BCUT2D eigenvalue weighted by molar-refractivity contribution is 5.96. The van der Waals surface area contributed by atoms with Crippen LogP contribution in [0.25, 0.3) is 10.8 Å². The summed E-state index contributed by atoms with van der Waals surface area (Å²) in [5.74, 6) is -0.983. The second-order valence-electron chi connectivity index (χ2n) is 14.1. The molecule has 0 radical (unpaired) electrons. The van der Waals surface area contributed by atoms with Gasteiger partial charge in [-0.1, -0.05) is 101 Å². The summed E-state index contributed by atoms with van der Waals surface area (Å²) in [7, 11) is 0. The number of aliphatic hydroxyl groups is 1. The lowest BCUT2D eigenvalue weighted by molar-refractivity contribution is -0.144. The quantitative estimate of drug-likeness (QED) is 0.144. The van der Waals surface area contributed by atoms with E-state index in [0.717, 1.165) is 34.9 Å². The van der Waals surface area contributed by atoms with Crippen molar-refractivity contribution in [2.24, 2.45) is 17.6 Å². The molecule has 0 aliphatic carbocycles. The molecule has 0 spiro atoms. The highest BCUT2D eigenvalue weighted by atomic mass is 16.5. The molecule has 4 rings (SSSR count). The van der Waals surface area contributed by atoms with E-state index in [1.807, 2.05) is 91.5 Å². The summed E-state index contributed by atoms with van der Waals surface area (Å²) in [5, 5.41) is 16.5. The Balaban J connectivity index is 1.65. The first-order chi connectivity index (χ1) is 24.9. The molecule has 12 heteroatoms. The van der Waals surface area contributed by atoms with Crippen LogP contribution in [0, 0.1) is 11.8 Å². The van der Waals surface area contributed by atoms with Crippen LogP contribution in [-0.4, -0.2) is 70.2 Å². The molecule has 1 unspecified atom stereocenters. The van der Waals surface area contributed by atoms with Crippen LogP contribution in [0.15, 0.2) is 84.7 Å². The first-order valence-electron chi connectivity index (χ1n) is 18.1. The Bertz CT molecular complexity index is 1690. The Kier molecular flexibility index (Phi) is 14.6. The Morgan fingerprint density at radius 1 is 0.942 bits per heavy atom. The molecule has 12 nitrogen and oxygen atoms in total. The van der Waals surface area contributed by atoms with E-state index in [9.17, 15) is 24.3 Å². The van der Waals surface area contributed by atoms with E-state index in [-0.39, 0.29) is 44.5 Å². The summed E-state index contributed by atoms with van der Waals surface area (Å²) < 4.78 is 5.51. The largest absolute Gasteiger partial charge is 0.445 e. The lowest BCUT2D eigenvalue weighted by Crippen LogP contribution is -2.55. The van der Waals surface area contributed by atoms with Gasteiger partial charge in [-0.2, -0.15) is 0 Å². The van der Waals surface area contributed by atoms with Crippen LogP contribution >= 0.6 is 0 Å². The van der Waals surface area contributed by atoms with Crippen molar-refractivity contribution < 1.29 is 29.0 Å². The van der Waals surface area contributed by atoms with Crippen molar-refractivity contribution in [3.8, 4) is 0 Å². The van der Waals surface area contributed by atoms with Gasteiger partial charge in [-0.05, 0) is 48.6 Å². The molecule has 52 heavy (non-hydrogen) atoms. The Hall–Kier alpha value is -4.94. The smallest absolute Gasteiger partial charge is 0.408 e. The normalized spacial score (nSPS) is 15.1. The van der Waals surface area contributed by atoms with Gasteiger partial charge in [-0.25, -0.2) is 4.79 Å². The summed E-state index contributed by atoms with van der Waals surface area (Å²) in [6, 6.07) is 20.9. The van der Waals surface area contributed by atoms with Crippen LogP contribution < -0.4 is 21.4 Å². The SMILES string of the molecule is CCC(C)CN(NC(=O)[C@@H](CC1=CN(C(=O)[C@H](C)N)CN1c1cccc2ccccc12)NC(=O)OCc1ccccc1)C(=O)C[C@@H](O)CCC(C)C. The summed E-state index contributed by atoms with van der Waals surface area (Å²) in [6.45, 7) is 10.0. The molecular weight excluding hydrogens is 660 g/mol. The molecule has 0 bridgehead atoms. The molecule has 3 aromatic carbocycles. The van der Waals surface area contributed by atoms with Crippen molar-refractivity contribution >= 4 is 40.3 Å². The van der Waals surface area contributed by atoms with Gasteiger partial charge < -0.3 is 25.8 Å². The van der Waals surface area contributed by atoms with Gasteiger partial charge >= 0.3 is 6.09 Å². The fraction of sp³-hybridized carbons (Fsp3) is 0.450. The number of anilines is 1. The Labute approximate surface area is 306 Å². The maximum absolute atomic E-state index is 14.2. The van der Waals surface area contributed by atoms with Crippen molar-refractivity contribution in [1.82, 2.24) is 20.7 Å². The fourth-order valence-corrected chi connectivity index (χ4v) is 5.89. The van der Waals surface area contributed by atoms with Crippen LogP contribution in [0.2, 0.25) is 0 Å². The second kappa shape index (κ2) is 19.1. The minimum atomic E-state index is -1.23. The molecule has 0 fully saturated rings. The van der Waals surface area contributed by atoms with Crippen LogP contribution in [0.1, 0.15) is 72.3 Å². The zero-order valence-electron chi connectivity index (χ0n) is 31.0. The van der Waals surface area contributed by atoms with Gasteiger partial charge in [0.25, 0.3) is 5.91 Å². The van der Waals surface area contributed by atoms with Crippen LogP contribution in [-0.2, 0) is 25.7 Å². The van der Waals surface area contributed by atoms with Gasteiger partial charge in [0, 0.05) is 30.2 Å². The summed E-state index contributed by atoms with van der Waals surface area (Å²) in [5.41, 5.74) is 10.9. The number of rotatable bonds is 16. The first-order valence-corrected chi connectivity index (χ1v) is 18.1. The number of carbonyl (C=O) groups excluding carboxylic acids is 4. The number of aliphatic hydroxyl groups excluding tert-OH is 1. The van der Waals surface area contributed by atoms with E-state index < -0.39 is 36.1 Å². The monoisotopic (exact) mass is 714 g/mol. The highest BCUT2D eigenvalue weighted by Gasteiger charge is 2.34. The van der Waals surface area contributed by atoms with Gasteiger partial charge in [-0.3, -0.25) is 29.7 Å². The van der Waals surface area contributed by atoms with Crippen LogP contribution in [0.3, 0.4) is 0 Å². The zero-order valence-corrected chi connectivity index (χ0v) is 31.0. The number of nitrogens with two attached hydrogens (primary N) is 1. The number of carbonyl (C=O) groups is 4. The molecule has 1 heterocycles. The number of hydrogen-bond donors (Lipinski definition) is 4. The minimum absolute atomic E-state index is 0.0185. The van der Waals surface area contributed by atoms with Gasteiger partial charge in [0.1, 0.15) is 19.3 Å². The van der Waals surface area contributed by atoms with Gasteiger partial charge in [0.2, 0.25) is 11.8 Å². The highest BCUT2D eigenvalue weighted by Crippen LogP contribution is 2.34. The minimum Gasteiger partial charge on any atom is -0.445 e.